The van der Waals surface area contributed by atoms with Crippen molar-refractivity contribution in [1.82, 2.24) is 9.97 Å². The van der Waals surface area contributed by atoms with Crippen molar-refractivity contribution in [3.05, 3.63) is 66.2 Å². The van der Waals surface area contributed by atoms with Gasteiger partial charge in [-0.15, -0.1) is 0 Å². The van der Waals surface area contributed by atoms with Gasteiger partial charge in [-0.3, -0.25) is 0 Å². The fraction of sp³-hybridized carbons (Fsp3) is 0.190. The lowest BCUT2D eigenvalue weighted by atomic mass is 10.2. The number of ether oxygens (including phenoxy) is 2. The molecule has 0 saturated carbocycles. The van der Waals surface area contributed by atoms with Gasteiger partial charge in [0.15, 0.2) is 5.82 Å². The summed E-state index contributed by atoms with van der Waals surface area (Å²) in [4.78, 5) is 21.2. The van der Waals surface area contributed by atoms with E-state index in [1.165, 1.54) is 7.11 Å². The van der Waals surface area contributed by atoms with Crippen molar-refractivity contribution < 1.29 is 14.3 Å². The van der Waals surface area contributed by atoms with Crippen LogP contribution in [0.2, 0.25) is 0 Å². The van der Waals surface area contributed by atoms with Crippen LogP contribution >= 0.6 is 0 Å². The number of esters is 1. The van der Waals surface area contributed by atoms with E-state index in [0.717, 1.165) is 5.56 Å². The molecule has 7 nitrogen and oxygen atoms in total. The van der Waals surface area contributed by atoms with Crippen molar-refractivity contribution in [2.24, 2.45) is 0 Å². The number of aromatic nitrogens is 2. The topological polar surface area (TPSA) is 85.4 Å². The second-order valence-corrected chi connectivity index (χ2v) is 5.91. The number of methoxy groups -OCH3 is 2. The molecule has 0 aliphatic carbocycles. The predicted octanol–water partition coefficient (Wildman–Crippen LogP) is 3.73. The van der Waals surface area contributed by atoms with Gasteiger partial charge < -0.3 is 20.1 Å². The minimum atomic E-state index is -0.418. The van der Waals surface area contributed by atoms with E-state index in [2.05, 4.69) is 20.6 Å². The first-order chi connectivity index (χ1) is 13.7. The Morgan fingerprint density at radius 3 is 2.43 bits per heavy atom. The summed E-state index contributed by atoms with van der Waals surface area (Å²) >= 11 is 0. The molecule has 1 aromatic heterocycles. The highest BCUT2D eigenvalue weighted by molar-refractivity contribution is 5.96. The highest BCUT2D eigenvalue weighted by Gasteiger charge is 2.13. The zero-order chi connectivity index (χ0) is 19.8. The predicted molar refractivity (Wildman–Crippen MR) is 109 cm³/mol. The summed E-state index contributed by atoms with van der Waals surface area (Å²) in [6, 6.07) is 18.6. The largest absolute Gasteiger partial charge is 0.465 e. The van der Waals surface area contributed by atoms with E-state index >= 15 is 0 Å². The van der Waals surface area contributed by atoms with Crippen LogP contribution in [0.4, 0.5) is 17.3 Å². The Bertz CT molecular complexity index is 932. The zero-order valence-electron chi connectivity index (χ0n) is 15.8. The molecule has 0 spiro atoms. The van der Waals surface area contributed by atoms with Crippen molar-refractivity contribution in [2.45, 2.75) is 0 Å². The summed E-state index contributed by atoms with van der Waals surface area (Å²) in [5.41, 5.74) is 1.93. The molecule has 1 heterocycles. The molecule has 3 aromatic rings. The average Bonchev–Trinajstić information content (AvgIpc) is 2.74. The van der Waals surface area contributed by atoms with Crippen LogP contribution in [-0.4, -0.2) is 43.3 Å². The lowest BCUT2D eigenvalue weighted by molar-refractivity contribution is 0.0602. The van der Waals surface area contributed by atoms with E-state index in [1.807, 2.05) is 36.4 Å². The molecule has 3 rings (SSSR count). The standard InChI is InChI=1S/C21H22N4O3/c1-27-13-12-22-18-14-19(25-20(24-18)15-8-4-3-5-9-15)23-17-11-7-6-10-16(17)21(26)28-2/h3-11,14H,12-13H2,1-2H3,(H2,22,23,24,25). The first-order valence-corrected chi connectivity index (χ1v) is 8.83. The molecule has 2 N–H and O–H groups in total. The fourth-order valence-corrected chi connectivity index (χ4v) is 2.62. The fourth-order valence-electron chi connectivity index (χ4n) is 2.62. The minimum absolute atomic E-state index is 0.418. The van der Waals surface area contributed by atoms with Crippen molar-refractivity contribution in [2.75, 3.05) is 38.0 Å². The van der Waals surface area contributed by atoms with Crippen LogP contribution in [0.15, 0.2) is 60.7 Å². The highest BCUT2D eigenvalue weighted by atomic mass is 16.5. The monoisotopic (exact) mass is 378 g/mol. The van der Waals surface area contributed by atoms with Gasteiger partial charge in [0.25, 0.3) is 0 Å². The first kappa shape index (κ1) is 19.3. The van der Waals surface area contributed by atoms with Crippen LogP contribution in [0.5, 0.6) is 0 Å². The van der Waals surface area contributed by atoms with Gasteiger partial charge in [-0.1, -0.05) is 42.5 Å². The summed E-state index contributed by atoms with van der Waals surface area (Å²) in [6.45, 7) is 1.17. The van der Waals surface area contributed by atoms with Gasteiger partial charge in [0.2, 0.25) is 0 Å². The quantitative estimate of drug-likeness (QED) is 0.456. The van der Waals surface area contributed by atoms with Crippen LogP contribution < -0.4 is 10.6 Å². The van der Waals surface area contributed by atoms with E-state index in [-0.39, 0.29) is 0 Å². The van der Waals surface area contributed by atoms with Crippen molar-refractivity contribution in [3.8, 4) is 11.4 Å². The Morgan fingerprint density at radius 2 is 1.68 bits per heavy atom. The number of carbonyl (C=O) groups is 1. The average molecular weight is 378 g/mol. The van der Waals surface area contributed by atoms with Crippen LogP contribution in [0, 0.1) is 0 Å². The van der Waals surface area contributed by atoms with Crippen LogP contribution in [0.1, 0.15) is 10.4 Å². The molecule has 0 radical (unpaired) electrons. The minimum Gasteiger partial charge on any atom is -0.465 e. The van der Waals surface area contributed by atoms with Gasteiger partial charge >= 0.3 is 5.97 Å². The smallest absolute Gasteiger partial charge is 0.339 e. The third-order valence-corrected chi connectivity index (χ3v) is 3.97. The normalized spacial score (nSPS) is 10.4. The number of hydrogen-bond donors (Lipinski definition) is 2. The summed E-state index contributed by atoms with van der Waals surface area (Å²) in [5, 5.41) is 6.43. The second-order valence-electron chi connectivity index (χ2n) is 5.91. The van der Waals surface area contributed by atoms with E-state index < -0.39 is 5.97 Å². The SMILES string of the molecule is COCCNc1cc(Nc2ccccc2C(=O)OC)nc(-c2ccccc2)n1. The van der Waals surface area contributed by atoms with Crippen LogP contribution in [0.3, 0.4) is 0 Å². The van der Waals surface area contributed by atoms with Crippen molar-refractivity contribution in [3.63, 3.8) is 0 Å². The van der Waals surface area contributed by atoms with Crippen LogP contribution in [-0.2, 0) is 9.47 Å². The van der Waals surface area contributed by atoms with E-state index in [1.54, 1.807) is 31.4 Å². The number of nitrogens with one attached hydrogen (secondary N) is 2. The first-order valence-electron chi connectivity index (χ1n) is 8.83. The van der Waals surface area contributed by atoms with Gasteiger partial charge in [0, 0.05) is 25.3 Å². The lowest BCUT2D eigenvalue weighted by Crippen LogP contribution is -2.11. The third-order valence-electron chi connectivity index (χ3n) is 3.97. The Morgan fingerprint density at radius 1 is 0.964 bits per heavy atom. The molecule has 7 heteroatoms. The second kappa shape index (κ2) is 9.48. The molecular weight excluding hydrogens is 356 g/mol. The Kier molecular flexibility index (Phi) is 6.54. The number of anilines is 3. The molecule has 0 bridgehead atoms. The summed E-state index contributed by atoms with van der Waals surface area (Å²) in [7, 11) is 3.00. The van der Waals surface area contributed by atoms with E-state index in [9.17, 15) is 4.79 Å². The van der Waals surface area contributed by atoms with Crippen molar-refractivity contribution in [1.29, 1.82) is 0 Å². The number of carbonyl (C=O) groups excluding carboxylic acids is 1. The number of benzene rings is 2. The lowest BCUT2D eigenvalue weighted by Gasteiger charge is -2.13. The summed E-state index contributed by atoms with van der Waals surface area (Å²) < 4.78 is 9.94. The molecular formula is C21H22N4O3. The maximum atomic E-state index is 12.0. The number of nitrogens with zero attached hydrogens (tertiary/aromatic N) is 2. The molecule has 0 saturated heterocycles. The number of rotatable bonds is 8. The van der Waals surface area contributed by atoms with Gasteiger partial charge in [0.1, 0.15) is 11.6 Å². The molecule has 2 aromatic carbocycles. The molecule has 0 aliphatic rings. The Balaban J connectivity index is 1.96. The maximum Gasteiger partial charge on any atom is 0.339 e. The van der Waals surface area contributed by atoms with Gasteiger partial charge in [-0.25, -0.2) is 14.8 Å². The summed E-state index contributed by atoms with van der Waals surface area (Å²) in [6.07, 6.45) is 0. The van der Waals surface area contributed by atoms with E-state index in [4.69, 9.17) is 9.47 Å². The van der Waals surface area contributed by atoms with E-state index in [0.29, 0.717) is 41.9 Å². The molecule has 0 unspecified atom stereocenters. The van der Waals surface area contributed by atoms with Gasteiger partial charge in [-0.2, -0.15) is 0 Å². The third kappa shape index (κ3) is 4.83. The molecule has 0 atom stereocenters. The molecule has 0 aliphatic heterocycles. The summed E-state index contributed by atoms with van der Waals surface area (Å²) in [5.74, 6) is 1.37. The molecule has 144 valence electrons. The Hall–Kier alpha value is -3.45. The number of para-hydroxylation sites is 1. The van der Waals surface area contributed by atoms with Gasteiger partial charge in [0.05, 0.1) is 25.0 Å². The molecule has 28 heavy (non-hydrogen) atoms. The van der Waals surface area contributed by atoms with Gasteiger partial charge in [-0.05, 0) is 12.1 Å². The highest BCUT2D eigenvalue weighted by Crippen LogP contribution is 2.25. The molecule has 0 fully saturated rings. The zero-order valence-corrected chi connectivity index (χ0v) is 15.8. The molecule has 0 amide bonds. The Labute approximate surface area is 163 Å². The van der Waals surface area contributed by atoms with Crippen molar-refractivity contribution >= 4 is 23.3 Å². The number of hydrogen-bond acceptors (Lipinski definition) is 7. The maximum absolute atomic E-state index is 12.0. The van der Waals surface area contributed by atoms with Crippen LogP contribution in [0.25, 0.3) is 11.4 Å².